The number of carbonyl (C=O) groups is 2. The molecule has 1 atom stereocenters. The third-order valence-corrected chi connectivity index (χ3v) is 5.48. The van der Waals surface area contributed by atoms with Crippen LogP contribution in [0, 0.1) is 0 Å². The summed E-state index contributed by atoms with van der Waals surface area (Å²) in [5, 5.41) is 13.7. The predicted octanol–water partition coefficient (Wildman–Crippen LogP) is 4.05. The number of aryl methyl sites for hydroxylation is 1. The maximum Gasteiger partial charge on any atom is 0.341 e. The average Bonchev–Trinajstić information content (AvgIpc) is 2.92. The summed E-state index contributed by atoms with van der Waals surface area (Å²) in [6, 6.07) is 0. The molecule has 1 aliphatic rings. The van der Waals surface area contributed by atoms with Crippen molar-refractivity contribution in [3.63, 3.8) is 0 Å². The zero-order valence-electron chi connectivity index (χ0n) is 15.5. The van der Waals surface area contributed by atoms with E-state index in [0.717, 1.165) is 36.1 Å². The molecule has 0 fully saturated rings. The van der Waals surface area contributed by atoms with Crippen LogP contribution < -0.4 is 10.6 Å². The summed E-state index contributed by atoms with van der Waals surface area (Å²) in [7, 11) is 0. The second-order valence-corrected chi connectivity index (χ2v) is 9.25. The van der Waals surface area contributed by atoms with Gasteiger partial charge >= 0.3 is 5.97 Å². The number of esters is 1. The number of aliphatic hydroxyl groups excluding tert-OH is 1. The Hall–Kier alpha value is -0.730. The summed E-state index contributed by atoms with van der Waals surface area (Å²) in [6.45, 7) is 5.30. The number of aliphatic hydroxyl groups is 1. The molecule has 0 aromatic carbocycles. The molecule has 10 heteroatoms. The number of nitrogens with one attached hydrogen (secondary N) is 2. The lowest BCUT2D eigenvalue weighted by Crippen LogP contribution is -2.48. The Kier molecular flexibility index (Phi) is 10.2. The van der Waals surface area contributed by atoms with Crippen LogP contribution in [0.2, 0.25) is 0 Å². The molecule has 6 nitrogen and oxygen atoms in total. The van der Waals surface area contributed by atoms with Crippen LogP contribution in [0.1, 0.15) is 54.4 Å². The van der Waals surface area contributed by atoms with E-state index < -0.39 is 15.9 Å². The third kappa shape index (κ3) is 7.31. The number of carbonyl (C=O) groups excluding carboxylic acids is 2. The van der Waals surface area contributed by atoms with Gasteiger partial charge in [0.2, 0.25) is 9.70 Å². The van der Waals surface area contributed by atoms with Crippen LogP contribution >= 0.6 is 46.1 Å². The molecule has 0 spiro atoms. The number of rotatable bonds is 5. The standard InChI is InChI=1S/C15H19Cl3N2O3S.C2H6O/c1-3-23-13(22)11-9-6-4-5-7-10(9)24-12(11)20-14(15(16,17)18)19-8(2)21;1-2-3/h14,20H,3-7H2,1-2H3,(H,19,21);3H,2H2,1H3. The van der Waals surface area contributed by atoms with Gasteiger partial charge in [-0.1, -0.05) is 34.8 Å². The Morgan fingerprint density at radius 1 is 1.26 bits per heavy atom. The number of anilines is 1. The molecule has 0 saturated carbocycles. The van der Waals surface area contributed by atoms with Gasteiger partial charge in [0.15, 0.2) is 0 Å². The van der Waals surface area contributed by atoms with E-state index in [1.54, 1.807) is 13.8 Å². The summed E-state index contributed by atoms with van der Waals surface area (Å²) in [5.41, 5.74) is 1.49. The Morgan fingerprint density at radius 3 is 2.37 bits per heavy atom. The van der Waals surface area contributed by atoms with Crippen LogP contribution in [-0.4, -0.2) is 40.2 Å². The number of thiophene rings is 1. The van der Waals surface area contributed by atoms with Crippen molar-refractivity contribution in [3.8, 4) is 0 Å². The quantitative estimate of drug-likeness (QED) is 0.351. The number of ether oxygens (including phenoxy) is 1. The fourth-order valence-electron chi connectivity index (χ4n) is 2.62. The van der Waals surface area contributed by atoms with Gasteiger partial charge in [-0.3, -0.25) is 4.79 Å². The molecule has 2 rings (SSSR count). The van der Waals surface area contributed by atoms with Crippen LogP contribution in [0.15, 0.2) is 0 Å². The minimum atomic E-state index is -1.78. The summed E-state index contributed by atoms with van der Waals surface area (Å²) in [5.74, 6) is -0.747. The average molecular weight is 460 g/mol. The zero-order valence-corrected chi connectivity index (χ0v) is 18.6. The van der Waals surface area contributed by atoms with Gasteiger partial charge in [-0.25, -0.2) is 4.79 Å². The van der Waals surface area contributed by atoms with Crippen LogP contribution in [-0.2, 0) is 22.4 Å². The van der Waals surface area contributed by atoms with E-state index in [4.69, 9.17) is 44.6 Å². The fraction of sp³-hybridized carbons (Fsp3) is 0.647. The van der Waals surface area contributed by atoms with Crippen molar-refractivity contribution < 1.29 is 19.4 Å². The minimum absolute atomic E-state index is 0.250. The van der Waals surface area contributed by atoms with Crippen molar-refractivity contribution in [1.82, 2.24) is 5.32 Å². The molecule has 3 N–H and O–H groups in total. The highest BCUT2D eigenvalue weighted by atomic mass is 35.6. The van der Waals surface area contributed by atoms with E-state index >= 15 is 0 Å². The van der Waals surface area contributed by atoms with Gasteiger partial charge in [0.25, 0.3) is 0 Å². The minimum Gasteiger partial charge on any atom is -0.462 e. The summed E-state index contributed by atoms with van der Waals surface area (Å²) in [4.78, 5) is 24.9. The maximum absolute atomic E-state index is 12.4. The van der Waals surface area contributed by atoms with Gasteiger partial charge in [-0.2, -0.15) is 0 Å². The normalized spacial score (nSPS) is 14.3. The lowest BCUT2D eigenvalue weighted by molar-refractivity contribution is -0.119. The summed E-state index contributed by atoms with van der Waals surface area (Å²) >= 11 is 19.3. The SMILES string of the molecule is CCO.CCOC(=O)c1c(NC(NC(C)=O)C(Cl)(Cl)Cl)sc2c1CCCC2. The molecule has 1 aliphatic carbocycles. The summed E-state index contributed by atoms with van der Waals surface area (Å²) < 4.78 is 3.41. The number of hydrogen-bond donors (Lipinski definition) is 3. The Labute approximate surface area is 178 Å². The second kappa shape index (κ2) is 11.3. The second-order valence-electron chi connectivity index (χ2n) is 5.77. The van der Waals surface area contributed by atoms with Crippen molar-refractivity contribution in [2.24, 2.45) is 0 Å². The molecule has 1 aromatic rings. The van der Waals surface area contributed by atoms with Crippen LogP contribution in [0.3, 0.4) is 0 Å². The molecule has 0 radical (unpaired) electrons. The molecule has 154 valence electrons. The van der Waals surface area contributed by atoms with Gasteiger partial charge in [-0.05, 0) is 45.1 Å². The molecular formula is C17H25Cl3N2O4S. The monoisotopic (exact) mass is 458 g/mol. The smallest absolute Gasteiger partial charge is 0.341 e. The number of hydrogen-bond acceptors (Lipinski definition) is 6. The van der Waals surface area contributed by atoms with E-state index in [2.05, 4.69) is 10.6 Å². The molecule has 0 aliphatic heterocycles. The van der Waals surface area contributed by atoms with Crippen molar-refractivity contribution in [3.05, 3.63) is 16.0 Å². The Balaban J connectivity index is 0.00000114. The van der Waals surface area contributed by atoms with Crippen molar-refractivity contribution in [1.29, 1.82) is 0 Å². The largest absolute Gasteiger partial charge is 0.462 e. The fourth-order valence-corrected chi connectivity index (χ4v) is 4.25. The highest BCUT2D eigenvalue weighted by molar-refractivity contribution is 7.16. The highest BCUT2D eigenvalue weighted by Crippen LogP contribution is 2.40. The van der Waals surface area contributed by atoms with Crippen LogP contribution in [0.5, 0.6) is 0 Å². The van der Waals surface area contributed by atoms with Gasteiger partial charge in [0.05, 0.1) is 12.2 Å². The van der Waals surface area contributed by atoms with Crippen molar-refractivity contribution in [2.75, 3.05) is 18.5 Å². The lowest BCUT2D eigenvalue weighted by Gasteiger charge is -2.26. The van der Waals surface area contributed by atoms with Gasteiger partial charge < -0.3 is 20.5 Å². The Bertz CT molecular complexity index is 647. The van der Waals surface area contributed by atoms with E-state index in [0.29, 0.717) is 10.6 Å². The molecule has 0 bridgehead atoms. The molecule has 27 heavy (non-hydrogen) atoms. The highest BCUT2D eigenvalue weighted by Gasteiger charge is 2.36. The molecule has 1 unspecified atom stereocenters. The van der Waals surface area contributed by atoms with E-state index in [1.165, 1.54) is 18.3 Å². The third-order valence-electron chi connectivity index (χ3n) is 3.60. The number of alkyl halides is 3. The lowest BCUT2D eigenvalue weighted by atomic mass is 9.95. The van der Waals surface area contributed by atoms with Gasteiger partial charge in [0.1, 0.15) is 11.2 Å². The Morgan fingerprint density at radius 2 is 1.85 bits per heavy atom. The van der Waals surface area contributed by atoms with E-state index in [1.807, 2.05) is 0 Å². The number of amides is 1. The van der Waals surface area contributed by atoms with E-state index in [-0.39, 0.29) is 19.1 Å². The van der Waals surface area contributed by atoms with E-state index in [9.17, 15) is 9.59 Å². The first kappa shape index (κ1) is 24.3. The first-order valence-electron chi connectivity index (χ1n) is 8.68. The maximum atomic E-state index is 12.4. The molecule has 1 heterocycles. The number of fused-ring (bicyclic) bond motifs is 1. The van der Waals surface area contributed by atoms with Gasteiger partial charge in [-0.15, -0.1) is 11.3 Å². The van der Waals surface area contributed by atoms with Crippen LogP contribution in [0.25, 0.3) is 0 Å². The first-order valence-corrected chi connectivity index (χ1v) is 10.6. The number of halogens is 3. The molecule has 0 saturated heterocycles. The van der Waals surface area contributed by atoms with Gasteiger partial charge in [0, 0.05) is 18.4 Å². The van der Waals surface area contributed by atoms with Crippen molar-refractivity contribution in [2.45, 2.75) is 56.4 Å². The predicted molar refractivity (Wildman–Crippen MR) is 111 cm³/mol. The molecule has 1 aromatic heterocycles. The van der Waals surface area contributed by atoms with Crippen LogP contribution in [0.4, 0.5) is 5.00 Å². The molecular weight excluding hydrogens is 435 g/mol. The van der Waals surface area contributed by atoms with Crippen molar-refractivity contribution >= 4 is 63.0 Å². The topological polar surface area (TPSA) is 87.7 Å². The zero-order chi connectivity index (χ0) is 20.6. The summed E-state index contributed by atoms with van der Waals surface area (Å²) in [6.07, 6.45) is 2.87. The molecule has 1 amide bonds. The first-order chi connectivity index (χ1) is 12.6.